The molecule has 2 aromatic heterocycles. The topological polar surface area (TPSA) is 94.2 Å². The number of aromatic amines is 1. The number of nitrogens with zero attached hydrogens (tertiary/aromatic N) is 4. The lowest BCUT2D eigenvalue weighted by Gasteiger charge is -2.36. The Morgan fingerprint density at radius 1 is 1.19 bits per heavy atom. The fraction of sp³-hybridized carbons (Fsp3) is 0.385. The monoisotopic (exact) mass is 492 g/mol. The minimum absolute atomic E-state index is 0.0541. The van der Waals surface area contributed by atoms with Gasteiger partial charge in [-0.25, -0.2) is 14.4 Å². The Bertz CT molecular complexity index is 1460. The van der Waals surface area contributed by atoms with Gasteiger partial charge in [0.25, 0.3) is 11.5 Å². The van der Waals surface area contributed by atoms with Crippen molar-refractivity contribution in [2.45, 2.75) is 39.3 Å². The number of benzene rings is 1. The number of carbonyl (C=O) groups is 1. The Morgan fingerprint density at radius 3 is 2.61 bits per heavy atom. The van der Waals surface area contributed by atoms with Gasteiger partial charge in [0.15, 0.2) is 5.82 Å². The van der Waals surface area contributed by atoms with Crippen LogP contribution >= 0.6 is 0 Å². The van der Waals surface area contributed by atoms with Crippen LogP contribution in [0.5, 0.6) is 0 Å². The van der Waals surface area contributed by atoms with Crippen molar-refractivity contribution >= 4 is 22.6 Å². The van der Waals surface area contributed by atoms with Crippen molar-refractivity contribution in [2.24, 2.45) is 0 Å². The van der Waals surface area contributed by atoms with Crippen LogP contribution in [-0.4, -0.2) is 58.0 Å². The van der Waals surface area contributed by atoms with Crippen LogP contribution in [0.25, 0.3) is 11.0 Å². The van der Waals surface area contributed by atoms with E-state index in [0.717, 1.165) is 12.8 Å². The van der Waals surface area contributed by atoms with Gasteiger partial charge in [0.05, 0.1) is 11.3 Å². The van der Waals surface area contributed by atoms with Crippen LogP contribution in [0.15, 0.2) is 23.0 Å². The number of aryl methyl sites for hydroxylation is 1. The zero-order chi connectivity index (χ0) is 25.4. The fourth-order valence-corrected chi connectivity index (χ4v) is 4.37. The summed E-state index contributed by atoms with van der Waals surface area (Å²) in [5.41, 5.74) is 1.59. The molecular formula is C26H26F2N6O2. The largest absolute Gasteiger partial charge is 0.365 e. The highest BCUT2D eigenvalue weighted by Crippen LogP contribution is 2.25. The van der Waals surface area contributed by atoms with E-state index in [1.807, 2.05) is 4.90 Å². The van der Waals surface area contributed by atoms with Gasteiger partial charge in [0, 0.05) is 44.3 Å². The van der Waals surface area contributed by atoms with Gasteiger partial charge in [-0.15, -0.1) is 5.92 Å². The van der Waals surface area contributed by atoms with Crippen LogP contribution in [0.3, 0.4) is 0 Å². The van der Waals surface area contributed by atoms with Gasteiger partial charge >= 0.3 is 0 Å². The van der Waals surface area contributed by atoms with E-state index in [2.05, 4.69) is 37.0 Å². The number of fused-ring (bicyclic) bond motifs is 1. The van der Waals surface area contributed by atoms with Crippen LogP contribution in [0.2, 0.25) is 0 Å². The number of hydrogen-bond donors (Lipinski definition) is 2. The molecule has 0 spiro atoms. The van der Waals surface area contributed by atoms with Gasteiger partial charge in [-0.2, -0.15) is 4.39 Å². The Hall–Kier alpha value is -3.84. The summed E-state index contributed by atoms with van der Waals surface area (Å²) in [4.78, 5) is 38.9. The quantitative estimate of drug-likeness (QED) is 0.420. The molecule has 10 heteroatoms. The van der Waals surface area contributed by atoms with Crippen molar-refractivity contribution in [2.75, 3.05) is 31.1 Å². The molecule has 1 aromatic carbocycles. The zero-order valence-electron chi connectivity index (χ0n) is 20.1. The predicted molar refractivity (Wildman–Crippen MR) is 132 cm³/mol. The van der Waals surface area contributed by atoms with Gasteiger partial charge < -0.3 is 15.2 Å². The van der Waals surface area contributed by atoms with Crippen molar-refractivity contribution in [1.82, 2.24) is 25.2 Å². The Labute approximate surface area is 206 Å². The van der Waals surface area contributed by atoms with Crippen molar-refractivity contribution in [3.63, 3.8) is 0 Å². The maximum Gasteiger partial charge on any atom is 0.270 e. The first-order valence-electron chi connectivity index (χ1n) is 11.9. The minimum atomic E-state index is -0.679. The second-order valence-electron chi connectivity index (χ2n) is 9.16. The molecule has 3 heterocycles. The summed E-state index contributed by atoms with van der Waals surface area (Å²) in [5.74, 6) is 4.22. The molecular weight excluding hydrogens is 466 g/mol. The molecule has 1 aliphatic heterocycles. The number of piperazine rings is 1. The summed E-state index contributed by atoms with van der Waals surface area (Å²) in [6.07, 6.45) is 1.89. The lowest BCUT2D eigenvalue weighted by atomic mass is 10.1. The molecule has 1 aliphatic carbocycles. The van der Waals surface area contributed by atoms with Gasteiger partial charge in [-0.3, -0.25) is 14.5 Å². The Kier molecular flexibility index (Phi) is 6.41. The molecule has 186 valence electrons. The van der Waals surface area contributed by atoms with Crippen LogP contribution in [0.4, 0.5) is 14.5 Å². The molecule has 2 N–H and O–H groups in total. The number of anilines is 1. The van der Waals surface area contributed by atoms with E-state index in [9.17, 15) is 14.0 Å². The standard InChI is InChI=1S/C26H26F2N6O2/c1-3-4-16-13-17(21(27)23-22(16)29-15(2)25(35)32-23)14-33-9-11-34(12-10-33)20-8-7-19(31-24(20)28)26(36)30-18-5-6-18/h7-8,13,18H,5-6,9-12,14H2,1-2H3,(H,30,36)(H,32,35). The van der Waals surface area contributed by atoms with E-state index in [1.165, 1.54) is 0 Å². The first-order chi connectivity index (χ1) is 17.3. The number of carbonyl (C=O) groups excluding carboxylic acids is 1. The molecule has 2 fully saturated rings. The molecule has 5 rings (SSSR count). The van der Waals surface area contributed by atoms with E-state index >= 15 is 4.39 Å². The third kappa shape index (κ3) is 4.79. The second kappa shape index (κ2) is 9.66. The van der Waals surface area contributed by atoms with E-state index in [4.69, 9.17) is 0 Å². The maximum atomic E-state index is 15.4. The normalized spacial score (nSPS) is 16.1. The molecule has 0 bridgehead atoms. The molecule has 8 nitrogen and oxygen atoms in total. The summed E-state index contributed by atoms with van der Waals surface area (Å²) in [5, 5.41) is 2.81. The van der Waals surface area contributed by atoms with Crippen molar-refractivity contribution in [3.05, 3.63) is 62.8 Å². The smallest absolute Gasteiger partial charge is 0.270 e. The number of amides is 1. The van der Waals surface area contributed by atoms with E-state index in [1.54, 1.807) is 32.0 Å². The van der Waals surface area contributed by atoms with Crippen molar-refractivity contribution in [3.8, 4) is 11.8 Å². The number of pyridine rings is 1. The molecule has 2 aliphatic rings. The van der Waals surface area contributed by atoms with Crippen LogP contribution < -0.4 is 15.8 Å². The number of nitrogens with one attached hydrogen (secondary N) is 2. The average molecular weight is 493 g/mol. The number of H-pyrrole nitrogens is 1. The molecule has 1 saturated carbocycles. The number of halogens is 2. The van der Waals surface area contributed by atoms with Gasteiger partial charge in [0.1, 0.15) is 22.4 Å². The molecule has 3 aromatic rings. The van der Waals surface area contributed by atoms with E-state index in [-0.39, 0.29) is 28.9 Å². The average Bonchev–Trinajstić information content (AvgIpc) is 3.68. The van der Waals surface area contributed by atoms with Gasteiger partial charge in [-0.05, 0) is 44.9 Å². The highest BCUT2D eigenvalue weighted by atomic mass is 19.1. The van der Waals surface area contributed by atoms with Gasteiger partial charge in [0.2, 0.25) is 5.95 Å². The van der Waals surface area contributed by atoms with Gasteiger partial charge in [-0.1, -0.05) is 5.92 Å². The summed E-state index contributed by atoms with van der Waals surface area (Å²) >= 11 is 0. The zero-order valence-corrected chi connectivity index (χ0v) is 20.1. The fourth-order valence-electron chi connectivity index (χ4n) is 4.37. The molecule has 0 atom stereocenters. The number of aromatic nitrogens is 3. The van der Waals surface area contributed by atoms with E-state index < -0.39 is 17.3 Å². The summed E-state index contributed by atoms with van der Waals surface area (Å²) in [6, 6.07) is 4.98. The van der Waals surface area contributed by atoms with Crippen LogP contribution in [0.1, 0.15) is 47.1 Å². The molecule has 0 unspecified atom stereocenters. The first kappa shape index (κ1) is 23.9. The molecule has 36 heavy (non-hydrogen) atoms. The third-order valence-corrected chi connectivity index (χ3v) is 6.50. The molecule has 1 amide bonds. The summed E-state index contributed by atoms with van der Waals surface area (Å²) in [6.45, 7) is 5.73. The van der Waals surface area contributed by atoms with Crippen LogP contribution in [-0.2, 0) is 6.54 Å². The Balaban J connectivity index is 1.30. The summed E-state index contributed by atoms with van der Waals surface area (Å²) < 4.78 is 30.1. The highest BCUT2D eigenvalue weighted by molar-refractivity contribution is 5.92. The maximum absolute atomic E-state index is 15.4. The summed E-state index contributed by atoms with van der Waals surface area (Å²) in [7, 11) is 0. The van der Waals surface area contributed by atoms with E-state index in [0.29, 0.717) is 55.1 Å². The lowest BCUT2D eigenvalue weighted by molar-refractivity contribution is 0.0945. The molecule has 1 saturated heterocycles. The first-order valence-corrected chi connectivity index (χ1v) is 11.9. The minimum Gasteiger partial charge on any atom is -0.365 e. The molecule has 0 radical (unpaired) electrons. The predicted octanol–water partition coefficient (Wildman–Crippen LogP) is 2.49. The number of hydrogen-bond acceptors (Lipinski definition) is 6. The highest BCUT2D eigenvalue weighted by Gasteiger charge is 2.26. The Morgan fingerprint density at radius 2 is 1.94 bits per heavy atom. The SMILES string of the molecule is CC#Cc1cc(CN2CCN(c3ccc(C(=O)NC4CC4)nc3F)CC2)c(F)c2[nH]c(=O)c(C)nc12. The number of rotatable bonds is 5. The van der Waals surface area contributed by atoms with Crippen molar-refractivity contribution in [1.29, 1.82) is 0 Å². The second-order valence-corrected chi connectivity index (χ2v) is 9.16. The lowest BCUT2D eigenvalue weighted by Crippen LogP contribution is -2.46. The third-order valence-electron chi connectivity index (χ3n) is 6.50. The van der Waals surface area contributed by atoms with Crippen LogP contribution in [0, 0.1) is 30.5 Å². The van der Waals surface area contributed by atoms with Crippen molar-refractivity contribution < 1.29 is 13.6 Å².